The van der Waals surface area contributed by atoms with Crippen molar-refractivity contribution in [2.75, 3.05) is 10.6 Å². The SMILES string of the molecule is O=S(=O)(C1CC1)n1cc(-c2nccc(Nc3cc(NC4CCC(O)(C(F)(F)F)CC4)c(-c4ccn(C(F)F)n4)cn3)n2)cn1. The Kier molecular flexibility index (Phi) is 7.51. The van der Waals surface area contributed by atoms with E-state index in [0.717, 1.165) is 10.3 Å². The Morgan fingerprint density at radius 3 is 2.45 bits per heavy atom. The highest BCUT2D eigenvalue weighted by Crippen LogP contribution is 2.42. The molecule has 18 heteroatoms. The fraction of sp³-hybridized carbons (Fsp3) is 0.423. The second kappa shape index (κ2) is 11.1. The molecular weight excluding hydrogens is 613 g/mol. The summed E-state index contributed by atoms with van der Waals surface area (Å²) in [5.74, 6) is 0.733. The predicted molar refractivity (Wildman–Crippen MR) is 147 cm³/mol. The summed E-state index contributed by atoms with van der Waals surface area (Å²) in [4.78, 5) is 13.0. The molecule has 0 radical (unpaired) electrons. The molecular formula is C26H26F5N9O3S. The summed E-state index contributed by atoms with van der Waals surface area (Å²) in [7, 11) is -3.57. The van der Waals surface area contributed by atoms with E-state index < -0.39 is 52.5 Å². The van der Waals surface area contributed by atoms with Crippen molar-refractivity contribution >= 4 is 27.3 Å². The highest BCUT2D eigenvalue weighted by Gasteiger charge is 2.54. The molecule has 2 saturated carbocycles. The second-order valence-electron chi connectivity index (χ2n) is 10.8. The number of halogens is 5. The Labute approximate surface area is 247 Å². The van der Waals surface area contributed by atoms with Crippen LogP contribution in [0.5, 0.6) is 0 Å². The number of hydrogen-bond acceptors (Lipinski definition) is 10. The van der Waals surface area contributed by atoms with Crippen LogP contribution in [-0.4, -0.2) is 70.5 Å². The molecule has 44 heavy (non-hydrogen) atoms. The number of aromatic nitrogens is 7. The van der Waals surface area contributed by atoms with Crippen molar-refractivity contribution < 1.29 is 35.5 Å². The molecule has 0 saturated heterocycles. The van der Waals surface area contributed by atoms with E-state index in [2.05, 4.69) is 35.8 Å². The standard InChI is InChI=1S/C26H26F5N9O3S/c27-24(28)39-10-6-19(38-39)18-13-33-22(11-20(18)35-16-3-7-25(41,8-4-16)26(29,30)31)36-21-5-9-32-23(37-21)15-12-34-40(14-15)44(42,43)17-1-2-17/h5-6,9-14,16-17,24,41H,1-4,7-8H2,(H2,32,33,35,36,37). The summed E-state index contributed by atoms with van der Waals surface area (Å²) < 4.78 is 92.7. The highest BCUT2D eigenvalue weighted by molar-refractivity contribution is 7.90. The summed E-state index contributed by atoms with van der Waals surface area (Å²) in [6.45, 7) is -2.87. The van der Waals surface area contributed by atoms with E-state index >= 15 is 0 Å². The van der Waals surface area contributed by atoms with Crippen molar-refractivity contribution in [1.82, 2.24) is 33.9 Å². The van der Waals surface area contributed by atoms with Crippen LogP contribution in [-0.2, 0) is 10.0 Å². The Morgan fingerprint density at radius 2 is 1.80 bits per heavy atom. The highest BCUT2D eigenvalue weighted by atomic mass is 32.2. The van der Waals surface area contributed by atoms with Gasteiger partial charge in [-0.05, 0) is 50.7 Å². The molecule has 0 bridgehead atoms. The van der Waals surface area contributed by atoms with Crippen LogP contribution in [0.3, 0.4) is 0 Å². The Morgan fingerprint density at radius 1 is 1.05 bits per heavy atom. The molecule has 0 amide bonds. The maximum Gasteiger partial charge on any atom is 0.417 e. The quantitative estimate of drug-likeness (QED) is 0.219. The molecule has 12 nitrogen and oxygen atoms in total. The molecule has 0 aromatic carbocycles. The van der Waals surface area contributed by atoms with Crippen LogP contribution in [0.15, 0.2) is 49.2 Å². The average molecular weight is 640 g/mol. The third-order valence-electron chi connectivity index (χ3n) is 7.62. The molecule has 0 spiro atoms. The third kappa shape index (κ3) is 5.95. The van der Waals surface area contributed by atoms with Gasteiger partial charge < -0.3 is 15.7 Å². The first kappa shape index (κ1) is 29.9. The normalized spacial score (nSPS) is 21.0. The smallest absolute Gasteiger partial charge is 0.382 e. The molecule has 0 atom stereocenters. The largest absolute Gasteiger partial charge is 0.417 e. The van der Waals surface area contributed by atoms with Crippen LogP contribution < -0.4 is 10.6 Å². The molecule has 6 rings (SSSR count). The minimum atomic E-state index is -4.75. The summed E-state index contributed by atoms with van der Waals surface area (Å²) in [5, 5.41) is 23.6. The van der Waals surface area contributed by atoms with Gasteiger partial charge in [0.2, 0.25) is 0 Å². The minimum absolute atomic E-state index is 0.00539. The van der Waals surface area contributed by atoms with Crippen molar-refractivity contribution in [2.24, 2.45) is 0 Å². The molecule has 2 fully saturated rings. The first-order valence-corrected chi connectivity index (χ1v) is 15.1. The maximum atomic E-state index is 13.3. The molecule has 0 aliphatic heterocycles. The lowest BCUT2D eigenvalue weighted by atomic mass is 9.81. The van der Waals surface area contributed by atoms with E-state index in [4.69, 9.17) is 0 Å². The Hall–Kier alpha value is -4.19. The lowest BCUT2D eigenvalue weighted by Gasteiger charge is -2.37. The lowest BCUT2D eigenvalue weighted by molar-refractivity contribution is -0.269. The number of hydrogen-bond donors (Lipinski definition) is 3. The van der Waals surface area contributed by atoms with Crippen LogP contribution in [0.1, 0.15) is 45.1 Å². The fourth-order valence-corrected chi connectivity index (χ4v) is 6.43. The van der Waals surface area contributed by atoms with Gasteiger partial charge in [-0.2, -0.15) is 36.2 Å². The summed E-state index contributed by atoms with van der Waals surface area (Å²) in [6, 6.07) is 3.99. The summed E-state index contributed by atoms with van der Waals surface area (Å²) in [6.07, 6.45) is 2.04. The molecule has 3 N–H and O–H groups in total. The van der Waals surface area contributed by atoms with Gasteiger partial charge in [0, 0.05) is 41.9 Å². The van der Waals surface area contributed by atoms with Crippen molar-refractivity contribution in [1.29, 1.82) is 0 Å². The zero-order valence-corrected chi connectivity index (χ0v) is 23.6. The van der Waals surface area contributed by atoms with Crippen LogP contribution in [0.4, 0.5) is 39.3 Å². The Bertz CT molecular complexity index is 1760. The van der Waals surface area contributed by atoms with E-state index in [1.807, 2.05) is 0 Å². The monoisotopic (exact) mass is 639 g/mol. The molecule has 4 aromatic heterocycles. The number of nitrogens with one attached hydrogen (secondary N) is 2. The maximum absolute atomic E-state index is 13.3. The van der Waals surface area contributed by atoms with Gasteiger partial charge in [-0.15, -0.1) is 0 Å². The second-order valence-corrected chi connectivity index (χ2v) is 12.8. The zero-order chi connectivity index (χ0) is 31.3. The molecule has 2 aliphatic rings. The van der Waals surface area contributed by atoms with Crippen molar-refractivity contribution in [3.63, 3.8) is 0 Å². The number of aliphatic hydroxyl groups is 1. The lowest BCUT2D eigenvalue weighted by Crippen LogP contribution is -2.49. The first-order chi connectivity index (χ1) is 20.8. The number of anilines is 3. The van der Waals surface area contributed by atoms with Crippen molar-refractivity contribution in [2.45, 2.75) is 68.1 Å². The van der Waals surface area contributed by atoms with Gasteiger partial charge in [-0.25, -0.2) is 28.1 Å². The van der Waals surface area contributed by atoms with E-state index in [0.29, 0.717) is 34.3 Å². The number of pyridine rings is 1. The zero-order valence-electron chi connectivity index (χ0n) is 22.8. The van der Waals surface area contributed by atoms with Crippen LogP contribution >= 0.6 is 0 Å². The van der Waals surface area contributed by atoms with Gasteiger partial charge in [0.05, 0.1) is 28.9 Å². The van der Waals surface area contributed by atoms with Crippen molar-refractivity contribution in [3.05, 3.63) is 49.2 Å². The van der Waals surface area contributed by atoms with Gasteiger partial charge in [-0.3, -0.25) is 0 Å². The summed E-state index contributed by atoms with van der Waals surface area (Å²) in [5.41, 5.74) is -1.53. The van der Waals surface area contributed by atoms with Crippen LogP contribution in [0.25, 0.3) is 22.6 Å². The van der Waals surface area contributed by atoms with Gasteiger partial charge in [0.1, 0.15) is 11.6 Å². The van der Waals surface area contributed by atoms with E-state index in [-0.39, 0.29) is 36.0 Å². The first-order valence-electron chi connectivity index (χ1n) is 13.6. The van der Waals surface area contributed by atoms with Crippen LogP contribution in [0.2, 0.25) is 0 Å². The van der Waals surface area contributed by atoms with E-state index in [1.54, 1.807) is 12.1 Å². The topological polar surface area (TPSA) is 153 Å². The van der Waals surface area contributed by atoms with E-state index in [1.165, 1.54) is 30.9 Å². The molecule has 4 aromatic rings. The fourth-order valence-electron chi connectivity index (χ4n) is 4.96. The van der Waals surface area contributed by atoms with Gasteiger partial charge in [0.15, 0.2) is 11.4 Å². The number of alkyl halides is 5. The van der Waals surface area contributed by atoms with Gasteiger partial charge in [0.25, 0.3) is 10.0 Å². The average Bonchev–Trinajstić information content (AvgIpc) is 3.51. The molecule has 234 valence electrons. The minimum Gasteiger partial charge on any atom is -0.382 e. The third-order valence-corrected chi connectivity index (χ3v) is 9.66. The van der Waals surface area contributed by atoms with Gasteiger partial charge in [-0.1, -0.05) is 0 Å². The Balaban J connectivity index is 1.25. The van der Waals surface area contributed by atoms with Crippen LogP contribution in [0, 0.1) is 0 Å². The number of rotatable bonds is 9. The molecule has 2 aliphatic carbocycles. The predicted octanol–water partition coefficient (Wildman–Crippen LogP) is 4.73. The van der Waals surface area contributed by atoms with Crippen molar-refractivity contribution in [3.8, 4) is 22.6 Å². The van der Waals surface area contributed by atoms with Gasteiger partial charge >= 0.3 is 12.7 Å². The number of nitrogens with zero attached hydrogens (tertiary/aromatic N) is 7. The molecule has 0 unspecified atom stereocenters. The van der Waals surface area contributed by atoms with E-state index in [9.17, 15) is 35.5 Å². The summed E-state index contributed by atoms with van der Waals surface area (Å²) >= 11 is 0. The molecule has 4 heterocycles.